The predicted octanol–water partition coefficient (Wildman–Crippen LogP) is 6.38. The molecule has 7 heteroatoms. The first-order chi connectivity index (χ1) is 14.9. The van der Waals surface area contributed by atoms with Gasteiger partial charge < -0.3 is 10.6 Å². The summed E-state index contributed by atoms with van der Waals surface area (Å²) in [6, 6.07) is 13.9. The fourth-order valence-corrected chi connectivity index (χ4v) is 4.67. The van der Waals surface area contributed by atoms with E-state index in [-0.39, 0.29) is 5.91 Å². The maximum absolute atomic E-state index is 12.4. The smallest absolute Gasteiger partial charge is 0.226 e. The Morgan fingerprint density at radius 1 is 1.06 bits per heavy atom. The highest BCUT2D eigenvalue weighted by atomic mass is 35.5. The third-order valence-corrected chi connectivity index (χ3v) is 6.37. The van der Waals surface area contributed by atoms with Gasteiger partial charge in [0.2, 0.25) is 5.91 Å². The number of rotatable bonds is 6. The molecule has 2 aromatic carbocycles. The summed E-state index contributed by atoms with van der Waals surface area (Å²) in [6.07, 6.45) is 1.87. The molecule has 0 aliphatic carbocycles. The van der Waals surface area contributed by atoms with Gasteiger partial charge >= 0.3 is 0 Å². The first kappa shape index (κ1) is 21.3. The van der Waals surface area contributed by atoms with Crippen LogP contribution in [0.25, 0.3) is 21.3 Å². The lowest BCUT2D eigenvalue weighted by molar-refractivity contribution is -0.115. The van der Waals surface area contributed by atoms with E-state index in [0.29, 0.717) is 18.0 Å². The van der Waals surface area contributed by atoms with Gasteiger partial charge in [-0.1, -0.05) is 47.5 Å². The zero-order chi connectivity index (χ0) is 22.0. The van der Waals surface area contributed by atoms with Gasteiger partial charge in [-0.25, -0.2) is 9.97 Å². The third kappa shape index (κ3) is 4.70. The number of aryl methyl sites for hydroxylation is 3. The molecule has 0 fully saturated rings. The molecular formula is C24H23ClN4OS. The molecular weight excluding hydrogens is 428 g/mol. The number of nitrogens with one attached hydrogen (secondary N) is 2. The van der Waals surface area contributed by atoms with Crippen molar-refractivity contribution in [3.05, 3.63) is 69.8 Å². The average Bonchev–Trinajstić information content (AvgIpc) is 3.08. The Hall–Kier alpha value is -2.96. The van der Waals surface area contributed by atoms with E-state index in [2.05, 4.69) is 58.7 Å². The summed E-state index contributed by atoms with van der Waals surface area (Å²) in [5, 5.41) is 7.86. The molecule has 2 heterocycles. The molecule has 0 radical (unpaired) electrons. The first-order valence-electron chi connectivity index (χ1n) is 10.0. The van der Waals surface area contributed by atoms with Crippen molar-refractivity contribution in [3.8, 4) is 11.1 Å². The summed E-state index contributed by atoms with van der Waals surface area (Å²) in [6.45, 7) is 6.58. The van der Waals surface area contributed by atoms with Crippen molar-refractivity contribution in [2.75, 3.05) is 17.2 Å². The molecule has 0 aliphatic rings. The highest BCUT2D eigenvalue weighted by molar-refractivity contribution is 7.19. The maximum Gasteiger partial charge on any atom is 0.226 e. The van der Waals surface area contributed by atoms with Crippen LogP contribution in [-0.4, -0.2) is 22.4 Å². The number of fused-ring (bicyclic) bond motifs is 1. The summed E-state index contributed by atoms with van der Waals surface area (Å²) < 4.78 is 0. The molecule has 0 spiro atoms. The molecule has 2 N–H and O–H groups in total. The lowest BCUT2D eigenvalue weighted by atomic mass is 10.0. The topological polar surface area (TPSA) is 66.9 Å². The minimum absolute atomic E-state index is 0.0802. The van der Waals surface area contributed by atoms with Crippen LogP contribution in [0.5, 0.6) is 0 Å². The Labute approximate surface area is 190 Å². The second-order valence-corrected chi connectivity index (χ2v) is 9.13. The number of benzene rings is 2. The van der Waals surface area contributed by atoms with E-state index >= 15 is 0 Å². The van der Waals surface area contributed by atoms with Gasteiger partial charge in [0.15, 0.2) is 0 Å². The molecule has 0 atom stereocenters. The summed E-state index contributed by atoms with van der Waals surface area (Å²) in [5.74, 6) is 0.667. The minimum Gasteiger partial charge on any atom is -0.369 e. The van der Waals surface area contributed by atoms with Crippen molar-refractivity contribution in [2.45, 2.75) is 27.2 Å². The number of hydrogen-bond acceptors (Lipinski definition) is 5. The average molecular weight is 451 g/mol. The molecule has 0 unspecified atom stereocenters. The Morgan fingerprint density at radius 3 is 2.61 bits per heavy atom. The minimum atomic E-state index is -0.0802. The number of amides is 1. The molecule has 31 heavy (non-hydrogen) atoms. The number of anilines is 2. The third-order valence-electron chi connectivity index (χ3n) is 5.12. The molecule has 0 saturated carbocycles. The molecule has 4 rings (SSSR count). The molecule has 1 amide bonds. The number of carbonyl (C=O) groups excluding carboxylic acids is 1. The number of hydrogen-bond donors (Lipinski definition) is 2. The fourth-order valence-electron chi connectivity index (χ4n) is 3.48. The van der Waals surface area contributed by atoms with E-state index < -0.39 is 0 Å². The van der Waals surface area contributed by atoms with Crippen molar-refractivity contribution < 1.29 is 4.79 Å². The van der Waals surface area contributed by atoms with Crippen molar-refractivity contribution >= 4 is 50.6 Å². The summed E-state index contributed by atoms with van der Waals surface area (Å²) in [5.41, 5.74) is 5.21. The van der Waals surface area contributed by atoms with Gasteiger partial charge in [-0.05, 0) is 44.0 Å². The SMILES string of the molecule is Cc1ccc(-c2c(C)sc3ncnc(NCCC(=O)Nc4cc(Cl)ccc4C)c23)cc1. The van der Waals surface area contributed by atoms with Crippen LogP contribution in [0.1, 0.15) is 22.4 Å². The Morgan fingerprint density at radius 2 is 1.84 bits per heavy atom. The van der Waals surface area contributed by atoms with Crippen LogP contribution in [0.3, 0.4) is 0 Å². The van der Waals surface area contributed by atoms with Gasteiger partial charge in [0.1, 0.15) is 17.0 Å². The largest absolute Gasteiger partial charge is 0.369 e. The Balaban J connectivity index is 1.52. The summed E-state index contributed by atoms with van der Waals surface area (Å²) >= 11 is 7.69. The van der Waals surface area contributed by atoms with Crippen molar-refractivity contribution in [1.29, 1.82) is 0 Å². The zero-order valence-corrected chi connectivity index (χ0v) is 19.2. The normalized spacial score (nSPS) is 11.0. The van der Waals surface area contributed by atoms with Crippen LogP contribution in [0.4, 0.5) is 11.5 Å². The summed E-state index contributed by atoms with van der Waals surface area (Å²) in [7, 11) is 0. The standard InChI is InChI=1S/C24H23ClN4OS/c1-14-4-7-17(8-5-14)21-16(3)31-24-22(21)23(27-13-28-24)26-11-10-20(30)29-19-12-18(25)9-6-15(19)2/h4-9,12-13H,10-11H2,1-3H3,(H,29,30)(H,26,27,28). The fraction of sp³-hybridized carbons (Fsp3) is 0.208. The van der Waals surface area contributed by atoms with E-state index in [0.717, 1.165) is 38.4 Å². The van der Waals surface area contributed by atoms with Crippen LogP contribution in [0.2, 0.25) is 5.02 Å². The zero-order valence-electron chi connectivity index (χ0n) is 17.6. The van der Waals surface area contributed by atoms with Gasteiger partial charge in [0.25, 0.3) is 0 Å². The van der Waals surface area contributed by atoms with Crippen LogP contribution in [0.15, 0.2) is 48.8 Å². The quantitative estimate of drug-likeness (QED) is 0.357. The number of thiophene rings is 1. The van der Waals surface area contributed by atoms with Crippen molar-refractivity contribution in [3.63, 3.8) is 0 Å². The van der Waals surface area contributed by atoms with Gasteiger partial charge in [0.05, 0.1) is 5.39 Å². The van der Waals surface area contributed by atoms with Crippen molar-refractivity contribution in [1.82, 2.24) is 9.97 Å². The number of carbonyl (C=O) groups is 1. The number of aromatic nitrogens is 2. The second-order valence-electron chi connectivity index (χ2n) is 7.49. The van der Waals surface area contributed by atoms with E-state index in [9.17, 15) is 4.79 Å². The Kier molecular flexibility index (Phi) is 6.20. The number of halogens is 1. The predicted molar refractivity (Wildman–Crippen MR) is 130 cm³/mol. The first-order valence-corrected chi connectivity index (χ1v) is 11.2. The highest BCUT2D eigenvalue weighted by Gasteiger charge is 2.17. The van der Waals surface area contributed by atoms with Gasteiger partial charge in [-0.2, -0.15) is 0 Å². The Bertz CT molecular complexity index is 1250. The van der Waals surface area contributed by atoms with Crippen LogP contribution < -0.4 is 10.6 Å². The van der Waals surface area contributed by atoms with E-state index in [1.54, 1.807) is 23.7 Å². The van der Waals surface area contributed by atoms with Gasteiger partial charge in [0, 0.05) is 34.1 Å². The highest BCUT2D eigenvalue weighted by Crippen LogP contribution is 2.40. The number of nitrogens with zero attached hydrogens (tertiary/aromatic N) is 2. The lowest BCUT2D eigenvalue weighted by Gasteiger charge is -2.11. The van der Waals surface area contributed by atoms with Gasteiger partial charge in [-0.3, -0.25) is 4.79 Å². The lowest BCUT2D eigenvalue weighted by Crippen LogP contribution is -2.17. The van der Waals surface area contributed by atoms with E-state index in [4.69, 9.17) is 11.6 Å². The molecule has 2 aromatic heterocycles. The summed E-state index contributed by atoms with van der Waals surface area (Å²) in [4.78, 5) is 23.5. The van der Waals surface area contributed by atoms with Gasteiger partial charge in [-0.15, -0.1) is 11.3 Å². The van der Waals surface area contributed by atoms with Crippen molar-refractivity contribution in [2.24, 2.45) is 0 Å². The molecule has 0 bridgehead atoms. The molecule has 0 aliphatic heterocycles. The van der Waals surface area contributed by atoms with Crippen LogP contribution >= 0.6 is 22.9 Å². The van der Waals surface area contributed by atoms with Crippen LogP contribution in [-0.2, 0) is 4.79 Å². The molecule has 158 valence electrons. The molecule has 5 nitrogen and oxygen atoms in total. The molecule has 4 aromatic rings. The molecule has 0 saturated heterocycles. The maximum atomic E-state index is 12.4. The van der Waals surface area contributed by atoms with Crippen LogP contribution in [0, 0.1) is 20.8 Å². The second kappa shape index (κ2) is 9.04. The van der Waals surface area contributed by atoms with E-state index in [1.165, 1.54) is 10.4 Å². The monoisotopic (exact) mass is 450 g/mol. The van der Waals surface area contributed by atoms with E-state index in [1.807, 2.05) is 19.1 Å².